The van der Waals surface area contributed by atoms with E-state index in [9.17, 15) is 9.59 Å². The van der Waals surface area contributed by atoms with Crippen molar-refractivity contribution < 1.29 is 19.1 Å². The molecule has 2 heterocycles. The fourth-order valence-corrected chi connectivity index (χ4v) is 4.48. The molecular formula is C25H23NO4. The Balaban J connectivity index is 1.63. The molecule has 152 valence electrons. The van der Waals surface area contributed by atoms with Gasteiger partial charge in [0.15, 0.2) is 0 Å². The van der Waals surface area contributed by atoms with E-state index < -0.39 is 17.7 Å². The first-order valence-electron chi connectivity index (χ1n) is 10.4. The number of aromatic amines is 1. The van der Waals surface area contributed by atoms with Gasteiger partial charge in [0.1, 0.15) is 5.57 Å². The normalized spacial score (nSPS) is 18.4. The second-order valence-electron chi connectivity index (χ2n) is 8.09. The van der Waals surface area contributed by atoms with Crippen molar-refractivity contribution in [1.82, 2.24) is 4.98 Å². The third-order valence-electron chi connectivity index (χ3n) is 6.05. The minimum atomic E-state index is -1.08. The lowest BCUT2D eigenvalue weighted by atomic mass is 9.93. The highest BCUT2D eigenvalue weighted by Crippen LogP contribution is 2.39. The van der Waals surface area contributed by atoms with Crippen LogP contribution in [0.2, 0.25) is 0 Å². The van der Waals surface area contributed by atoms with Crippen molar-refractivity contribution in [3.8, 4) is 11.3 Å². The van der Waals surface area contributed by atoms with Gasteiger partial charge in [-0.3, -0.25) is 0 Å². The zero-order valence-electron chi connectivity index (χ0n) is 16.9. The van der Waals surface area contributed by atoms with Crippen LogP contribution in [0.15, 0.2) is 54.1 Å². The maximum Gasteiger partial charge on any atom is 0.348 e. The number of ether oxygens (including phenoxy) is 2. The Labute approximate surface area is 174 Å². The molecule has 5 heteroatoms. The quantitative estimate of drug-likeness (QED) is 0.360. The molecule has 1 spiro atoms. The number of aromatic nitrogens is 1. The number of H-pyrrole nitrogens is 1. The maximum absolute atomic E-state index is 12.9. The number of para-hydroxylation sites is 1. The first kappa shape index (κ1) is 18.7. The zero-order valence-corrected chi connectivity index (χ0v) is 16.9. The Morgan fingerprint density at radius 2 is 1.60 bits per heavy atom. The molecule has 0 radical (unpaired) electrons. The number of esters is 2. The Morgan fingerprint density at radius 1 is 0.900 bits per heavy atom. The third-order valence-corrected chi connectivity index (χ3v) is 6.05. The van der Waals surface area contributed by atoms with Crippen molar-refractivity contribution in [3.05, 3.63) is 65.2 Å². The van der Waals surface area contributed by atoms with Crippen molar-refractivity contribution in [1.29, 1.82) is 0 Å². The van der Waals surface area contributed by atoms with Crippen LogP contribution in [0.25, 0.3) is 28.2 Å². The number of hydrogen-bond donors (Lipinski definition) is 1. The van der Waals surface area contributed by atoms with E-state index in [1.807, 2.05) is 55.5 Å². The van der Waals surface area contributed by atoms with Gasteiger partial charge in [-0.05, 0) is 37.0 Å². The van der Waals surface area contributed by atoms with Crippen LogP contribution in [0, 0.1) is 6.92 Å². The fraction of sp³-hybridized carbons (Fsp3) is 0.280. The Kier molecular flexibility index (Phi) is 4.46. The van der Waals surface area contributed by atoms with E-state index in [1.54, 1.807) is 6.08 Å². The van der Waals surface area contributed by atoms with Gasteiger partial charge in [-0.15, -0.1) is 0 Å². The van der Waals surface area contributed by atoms with Crippen LogP contribution >= 0.6 is 0 Å². The molecule has 5 nitrogen and oxygen atoms in total. The molecule has 1 aromatic heterocycles. The predicted molar refractivity (Wildman–Crippen MR) is 114 cm³/mol. The second-order valence-corrected chi connectivity index (χ2v) is 8.09. The fourth-order valence-electron chi connectivity index (χ4n) is 4.48. The van der Waals surface area contributed by atoms with Gasteiger partial charge >= 0.3 is 11.9 Å². The summed E-state index contributed by atoms with van der Waals surface area (Å²) in [5.74, 6) is -2.29. The standard InChI is InChI=1S/C25H23NO4/c1-16-9-8-12-18-19(22(26-21(16)18)17-10-4-2-5-11-17)15-20-23(27)29-25(30-24(20)28)13-6-3-7-14-25/h2,4-5,8-12,15,26H,3,6-7,13-14H2,1H3. The Bertz CT molecular complexity index is 1140. The van der Waals surface area contributed by atoms with E-state index in [4.69, 9.17) is 9.47 Å². The van der Waals surface area contributed by atoms with E-state index in [2.05, 4.69) is 4.98 Å². The highest BCUT2D eigenvalue weighted by atomic mass is 16.7. The molecule has 2 aliphatic rings. The lowest BCUT2D eigenvalue weighted by Crippen LogP contribution is -2.47. The van der Waals surface area contributed by atoms with Gasteiger partial charge in [-0.2, -0.15) is 0 Å². The number of fused-ring (bicyclic) bond motifs is 1. The molecule has 1 saturated heterocycles. The highest BCUT2D eigenvalue weighted by molar-refractivity contribution is 6.20. The van der Waals surface area contributed by atoms with Crippen LogP contribution in [0.4, 0.5) is 0 Å². The molecule has 1 saturated carbocycles. The summed E-state index contributed by atoms with van der Waals surface area (Å²) in [5, 5.41) is 0.944. The number of carbonyl (C=O) groups is 2. The first-order chi connectivity index (χ1) is 14.6. The summed E-state index contributed by atoms with van der Waals surface area (Å²) in [4.78, 5) is 29.2. The van der Waals surface area contributed by atoms with Gasteiger partial charge < -0.3 is 14.5 Å². The summed E-state index contributed by atoms with van der Waals surface area (Å²) in [5.41, 5.74) is 4.61. The third kappa shape index (κ3) is 3.11. The topological polar surface area (TPSA) is 68.4 Å². The molecule has 1 N–H and O–H groups in total. The summed E-state index contributed by atoms with van der Waals surface area (Å²) in [7, 11) is 0. The van der Waals surface area contributed by atoms with Crippen LogP contribution in [-0.4, -0.2) is 22.7 Å². The molecule has 0 unspecified atom stereocenters. The van der Waals surface area contributed by atoms with Gasteiger partial charge in [-0.1, -0.05) is 55.0 Å². The van der Waals surface area contributed by atoms with Crippen molar-refractivity contribution in [2.75, 3.05) is 0 Å². The number of nitrogens with one attached hydrogen (secondary N) is 1. The van der Waals surface area contributed by atoms with Gasteiger partial charge in [0.25, 0.3) is 5.79 Å². The lowest BCUT2D eigenvalue weighted by Gasteiger charge is -2.38. The molecule has 2 aromatic carbocycles. The van der Waals surface area contributed by atoms with Crippen LogP contribution in [0.3, 0.4) is 0 Å². The van der Waals surface area contributed by atoms with E-state index >= 15 is 0 Å². The SMILES string of the molecule is Cc1cccc2c(C=C3C(=O)OC4(CCCCC4)OC3=O)c(-c3ccccc3)[nH]c12. The number of rotatable bonds is 2. The highest BCUT2D eigenvalue weighted by Gasteiger charge is 2.46. The molecule has 1 aliphatic carbocycles. The number of hydrogen-bond acceptors (Lipinski definition) is 4. The minimum absolute atomic E-state index is 0.0641. The minimum Gasteiger partial charge on any atom is -0.419 e. The number of carbonyl (C=O) groups excluding carboxylic acids is 2. The predicted octanol–water partition coefficient (Wildman–Crippen LogP) is 5.29. The largest absolute Gasteiger partial charge is 0.419 e. The molecule has 3 aromatic rings. The van der Waals surface area contributed by atoms with Crippen molar-refractivity contribution in [3.63, 3.8) is 0 Å². The second kappa shape index (κ2) is 7.17. The molecule has 2 fully saturated rings. The lowest BCUT2D eigenvalue weighted by molar-refractivity contribution is -0.244. The Hall–Kier alpha value is -3.34. The van der Waals surface area contributed by atoms with Crippen LogP contribution < -0.4 is 0 Å². The van der Waals surface area contributed by atoms with Gasteiger partial charge in [0.2, 0.25) is 0 Å². The van der Waals surface area contributed by atoms with Gasteiger partial charge in [0, 0.05) is 29.3 Å². The first-order valence-corrected chi connectivity index (χ1v) is 10.4. The molecular weight excluding hydrogens is 378 g/mol. The molecule has 0 amide bonds. The van der Waals surface area contributed by atoms with Gasteiger partial charge in [0.05, 0.1) is 5.69 Å². The number of benzene rings is 2. The van der Waals surface area contributed by atoms with E-state index in [0.29, 0.717) is 12.8 Å². The monoisotopic (exact) mass is 401 g/mol. The van der Waals surface area contributed by atoms with Gasteiger partial charge in [-0.25, -0.2) is 9.59 Å². The van der Waals surface area contributed by atoms with E-state index in [0.717, 1.165) is 52.5 Å². The van der Waals surface area contributed by atoms with E-state index in [-0.39, 0.29) is 5.57 Å². The molecule has 5 rings (SSSR count). The summed E-state index contributed by atoms with van der Waals surface area (Å²) < 4.78 is 11.3. The van der Waals surface area contributed by atoms with Crippen LogP contribution in [-0.2, 0) is 19.1 Å². The number of aryl methyl sites for hydroxylation is 1. The summed E-state index contributed by atoms with van der Waals surface area (Å²) in [6.07, 6.45) is 5.59. The van der Waals surface area contributed by atoms with Crippen LogP contribution in [0.5, 0.6) is 0 Å². The smallest absolute Gasteiger partial charge is 0.348 e. The summed E-state index contributed by atoms with van der Waals surface area (Å²) >= 11 is 0. The molecule has 30 heavy (non-hydrogen) atoms. The maximum atomic E-state index is 12.9. The molecule has 0 atom stereocenters. The Morgan fingerprint density at radius 3 is 2.30 bits per heavy atom. The van der Waals surface area contributed by atoms with E-state index in [1.165, 1.54) is 0 Å². The summed E-state index contributed by atoms with van der Waals surface area (Å²) in [6.45, 7) is 2.03. The van der Waals surface area contributed by atoms with Crippen molar-refractivity contribution in [2.45, 2.75) is 44.8 Å². The zero-order chi connectivity index (χ0) is 20.7. The molecule has 1 aliphatic heterocycles. The molecule has 0 bridgehead atoms. The average Bonchev–Trinajstić information content (AvgIpc) is 3.12. The average molecular weight is 401 g/mol. The van der Waals surface area contributed by atoms with Crippen LogP contribution in [0.1, 0.15) is 43.2 Å². The summed E-state index contributed by atoms with van der Waals surface area (Å²) in [6, 6.07) is 15.8. The van der Waals surface area contributed by atoms with Crippen molar-refractivity contribution >= 4 is 28.9 Å². The van der Waals surface area contributed by atoms with Crippen molar-refractivity contribution in [2.24, 2.45) is 0 Å².